The molecule has 3 heteroatoms. The lowest BCUT2D eigenvalue weighted by Crippen LogP contribution is -2.48. The number of morpholine rings is 1. The summed E-state index contributed by atoms with van der Waals surface area (Å²) in [7, 11) is 0. The van der Waals surface area contributed by atoms with E-state index in [1.807, 2.05) is 0 Å². The van der Waals surface area contributed by atoms with E-state index in [1.54, 1.807) is 0 Å². The van der Waals surface area contributed by atoms with Gasteiger partial charge in [-0.2, -0.15) is 0 Å². The van der Waals surface area contributed by atoms with Crippen molar-refractivity contribution in [3.8, 4) is 0 Å². The van der Waals surface area contributed by atoms with E-state index in [0.29, 0.717) is 17.6 Å². The molecular formula is C13H24N2O. The topological polar surface area (TPSA) is 24.5 Å². The van der Waals surface area contributed by atoms with Gasteiger partial charge in [0.05, 0.1) is 12.2 Å². The molecule has 3 rings (SSSR count). The largest absolute Gasteiger partial charge is 0.372 e. The van der Waals surface area contributed by atoms with Crippen LogP contribution in [0.3, 0.4) is 0 Å². The van der Waals surface area contributed by atoms with Crippen LogP contribution in [0.5, 0.6) is 0 Å². The van der Waals surface area contributed by atoms with Gasteiger partial charge in [0.25, 0.3) is 0 Å². The normalized spacial score (nSPS) is 44.1. The van der Waals surface area contributed by atoms with Gasteiger partial charge in [-0.1, -0.05) is 6.92 Å². The molecule has 16 heavy (non-hydrogen) atoms. The van der Waals surface area contributed by atoms with Gasteiger partial charge in [-0.05, 0) is 37.6 Å². The van der Waals surface area contributed by atoms with Crippen LogP contribution in [0, 0.1) is 5.41 Å². The van der Waals surface area contributed by atoms with Crippen molar-refractivity contribution in [3.05, 3.63) is 0 Å². The van der Waals surface area contributed by atoms with E-state index in [-0.39, 0.29) is 0 Å². The smallest absolute Gasteiger partial charge is 0.0707 e. The number of likely N-dealkylation sites (tertiary alicyclic amines) is 1. The molecule has 3 saturated heterocycles. The van der Waals surface area contributed by atoms with E-state index < -0.39 is 0 Å². The Balaban J connectivity index is 1.61. The zero-order valence-corrected chi connectivity index (χ0v) is 10.4. The monoisotopic (exact) mass is 224 g/mol. The Kier molecular flexibility index (Phi) is 2.94. The fourth-order valence-electron chi connectivity index (χ4n) is 3.65. The van der Waals surface area contributed by atoms with E-state index in [9.17, 15) is 0 Å². The summed E-state index contributed by atoms with van der Waals surface area (Å²) < 4.78 is 5.90. The van der Waals surface area contributed by atoms with Gasteiger partial charge in [-0.15, -0.1) is 0 Å². The van der Waals surface area contributed by atoms with Crippen LogP contribution in [0.1, 0.15) is 32.6 Å². The summed E-state index contributed by atoms with van der Waals surface area (Å²) in [5.74, 6) is 0. The lowest BCUT2D eigenvalue weighted by molar-refractivity contribution is -0.0494. The van der Waals surface area contributed by atoms with Crippen molar-refractivity contribution in [1.82, 2.24) is 10.2 Å². The summed E-state index contributed by atoms with van der Waals surface area (Å²) >= 11 is 0. The molecule has 1 N–H and O–H groups in total. The van der Waals surface area contributed by atoms with E-state index in [0.717, 1.165) is 0 Å². The summed E-state index contributed by atoms with van der Waals surface area (Å²) in [6, 6.07) is 0. The maximum atomic E-state index is 5.90. The Hall–Kier alpha value is -0.120. The van der Waals surface area contributed by atoms with Gasteiger partial charge in [0.1, 0.15) is 0 Å². The van der Waals surface area contributed by atoms with Crippen LogP contribution < -0.4 is 5.32 Å². The number of rotatable bonds is 3. The van der Waals surface area contributed by atoms with Crippen molar-refractivity contribution in [1.29, 1.82) is 0 Å². The molecule has 3 aliphatic rings. The predicted octanol–water partition coefficient (Wildman–Crippen LogP) is 1.24. The van der Waals surface area contributed by atoms with Crippen molar-refractivity contribution >= 4 is 0 Å². The maximum Gasteiger partial charge on any atom is 0.0707 e. The number of fused-ring (bicyclic) bond motifs is 2. The van der Waals surface area contributed by atoms with Crippen molar-refractivity contribution in [2.24, 2.45) is 5.41 Å². The molecule has 2 bridgehead atoms. The van der Waals surface area contributed by atoms with Gasteiger partial charge in [0, 0.05) is 26.2 Å². The van der Waals surface area contributed by atoms with Gasteiger partial charge in [0.15, 0.2) is 0 Å². The summed E-state index contributed by atoms with van der Waals surface area (Å²) in [5, 5.41) is 3.53. The van der Waals surface area contributed by atoms with Gasteiger partial charge in [-0.25, -0.2) is 0 Å². The number of nitrogens with zero attached hydrogens (tertiary/aromatic N) is 1. The fraction of sp³-hybridized carbons (Fsp3) is 1.00. The molecule has 0 amide bonds. The molecule has 3 unspecified atom stereocenters. The molecule has 0 spiro atoms. The molecule has 0 aromatic heterocycles. The Morgan fingerprint density at radius 2 is 2.06 bits per heavy atom. The Morgan fingerprint density at radius 3 is 2.62 bits per heavy atom. The molecule has 3 aliphatic heterocycles. The summed E-state index contributed by atoms with van der Waals surface area (Å²) in [5.41, 5.74) is 0.552. The molecule has 0 radical (unpaired) electrons. The van der Waals surface area contributed by atoms with Crippen LogP contribution in [-0.2, 0) is 4.74 Å². The highest BCUT2D eigenvalue weighted by Crippen LogP contribution is 2.33. The number of ether oxygens (including phenoxy) is 1. The van der Waals surface area contributed by atoms with Crippen LogP contribution in [0.2, 0.25) is 0 Å². The first-order valence-corrected chi connectivity index (χ1v) is 6.88. The van der Waals surface area contributed by atoms with E-state index in [2.05, 4.69) is 17.1 Å². The summed E-state index contributed by atoms with van der Waals surface area (Å²) in [6.45, 7) is 8.42. The molecule has 0 aromatic carbocycles. The van der Waals surface area contributed by atoms with Crippen molar-refractivity contribution in [2.45, 2.75) is 44.8 Å². The highest BCUT2D eigenvalue weighted by molar-refractivity contribution is 4.93. The Morgan fingerprint density at radius 1 is 1.31 bits per heavy atom. The second kappa shape index (κ2) is 4.28. The Bertz CT molecular complexity index is 238. The van der Waals surface area contributed by atoms with Crippen molar-refractivity contribution in [3.63, 3.8) is 0 Å². The number of hydrogen-bond acceptors (Lipinski definition) is 3. The third-order valence-electron chi connectivity index (χ3n) is 4.76. The van der Waals surface area contributed by atoms with Crippen LogP contribution in [0.25, 0.3) is 0 Å². The third-order valence-corrected chi connectivity index (χ3v) is 4.76. The third kappa shape index (κ3) is 2.01. The fourth-order valence-corrected chi connectivity index (χ4v) is 3.65. The first-order chi connectivity index (χ1) is 7.80. The average Bonchev–Trinajstić information content (AvgIpc) is 2.87. The molecule has 3 heterocycles. The lowest BCUT2D eigenvalue weighted by Gasteiger charge is -2.38. The number of nitrogens with one attached hydrogen (secondary N) is 1. The molecule has 0 aromatic rings. The van der Waals surface area contributed by atoms with E-state index >= 15 is 0 Å². The molecule has 3 atom stereocenters. The van der Waals surface area contributed by atoms with Gasteiger partial charge >= 0.3 is 0 Å². The molecular weight excluding hydrogens is 200 g/mol. The van der Waals surface area contributed by atoms with Crippen LogP contribution in [-0.4, -0.2) is 49.8 Å². The minimum atomic E-state index is 0.544. The minimum absolute atomic E-state index is 0.544. The van der Waals surface area contributed by atoms with Crippen LogP contribution in [0.15, 0.2) is 0 Å². The van der Waals surface area contributed by atoms with Crippen molar-refractivity contribution < 1.29 is 4.74 Å². The highest BCUT2D eigenvalue weighted by atomic mass is 16.5. The Labute approximate surface area is 98.5 Å². The van der Waals surface area contributed by atoms with E-state index in [1.165, 1.54) is 58.4 Å². The molecule has 3 fully saturated rings. The average molecular weight is 224 g/mol. The maximum absolute atomic E-state index is 5.90. The molecule has 0 saturated carbocycles. The lowest BCUT2D eigenvalue weighted by atomic mass is 9.83. The quantitative estimate of drug-likeness (QED) is 0.780. The molecule has 92 valence electrons. The predicted molar refractivity (Wildman–Crippen MR) is 64.5 cm³/mol. The molecule has 0 aliphatic carbocycles. The minimum Gasteiger partial charge on any atom is -0.372 e. The van der Waals surface area contributed by atoms with Crippen LogP contribution in [0.4, 0.5) is 0 Å². The SMILES string of the molecule is CCC1(CN2CC3CCC(C2)O3)CCNC1. The van der Waals surface area contributed by atoms with Gasteiger partial charge in [-0.3, -0.25) is 4.90 Å². The summed E-state index contributed by atoms with van der Waals surface area (Å²) in [4.78, 5) is 2.67. The summed E-state index contributed by atoms with van der Waals surface area (Å²) in [6.07, 6.45) is 6.34. The van der Waals surface area contributed by atoms with Gasteiger partial charge < -0.3 is 10.1 Å². The number of hydrogen-bond donors (Lipinski definition) is 1. The zero-order chi connectivity index (χ0) is 11.0. The van der Waals surface area contributed by atoms with E-state index in [4.69, 9.17) is 4.74 Å². The second-order valence-electron chi connectivity index (χ2n) is 5.93. The first-order valence-electron chi connectivity index (χ1n) is 6.88. The van der Waals surface area contributed by atoms with Crippen molar-refractivity contribution in [2.75, 3.05) is 32.7 Å². The van der Waals surface area contributed by atoms with Crippen LogP contribution >= 0.6 is 0 Å². The highest BCUT2D eigenvalue weighted by Gasteiger charge is 2.39. The molecule has 3 nitrogen and oxygen atoms in total. The standard InChI is InChI=1S/C13H24N2O/c1-2-13(5-6-14-9-13)10-15-7-11-3-4-12(8-15)16-11/h11-12,14H,2-10H2,1H3. The van der Waals surface area contributed by atoms with Gasteiger partial charge in [0.2, 0.25) is 0 Å². The second-order valence-corrected chi connectivity index (χ2v) is 5.93. The first kappa shape index (κ1) is 11.0. The zero-order valence-electron chi connectivity index (χ0n) is 10.4.